The molecule has 0 aliphatic rings. The third-order valence-electron chi connectivity index (χ3n) is 3.04. The number of urea groups is 1. The summed E-state index contributed by atoms with van der Waals surface area (Å²) in [6.07, 6.45) is 0. The predicted octanol–water partition coefficient (Wildman–Crippen LogP) is 3.50. The Hall–Kier alpha value is -2.96. The number of methoxy groups -OCH3 is 3. The Bertz CT molecular complexity index is 681. The molecule has 0 spiro atoms. The lowest BCUT2D eigenvalue weighted by molar-refractivity contribution is 0.262. The SMILES string of the molecule is COc1cc(NC(=O)Nc2ccccc2F)cc(OC)c1OC. The van der Waals surface area contributed by atoms with Crippen molar-refractivity contribution in [2.24, 2.45) is 0 Å². The molecule has 0 fully saturated rings. The lowest BCUT2D eigenvalue weighted by Crippen LogP contribution is -2.20. The average Bonchev–Trinajstić information content (AvgIpc) is 2.55. The Labute approximate surface area is 133 Å². The minimum Gasteiger partial charge on any atom is -0.493 e. The van der Waals surface area contributed by atoms with Crippen LogP contribution in [0.5, 0.6) is 17.2 Å². The van der Waals surface area contributed by atoms with Gasteiger partial charge in [0, 0.05) is 12.1 Å². The second-order valence-electron chi connectivity index (χ2n) is 4.47. The molecule has 2 rings (SSSR count). The molecule has 0 radical (unpaired) electrons. The number of halogens is 1. The highest BCUT2D eigenvalue weighted by atomic mass is 19.1. The first kappa shape index (κ1) is 16.4. The first-order valence-electron chi connectivity index (χ1n) is 6.71. The molecule has 2 aromatic rings. The fourth-order valence-corrected chi connectivity index (χ4v) is 2.00. The van der Waals surface area contributed by atoms with Gasteiger partial charge in [0.1, 0.15) is 5.82 Å². The lowest BCUT2D eigenvalue weighted by atomic mass is 10.2. The van der Waals surface area contributed by atoms with Crippen molar-refractivity contribution in [1.82, 2.24) is 0 Å². The summed E-state index contributed by atoms with van der Waals surface area (Å²) in [7, 11) is 4.43. The van der Waals surface area contributed by atoms with Gasteiger partial charge in [-0.25, -0.2) is 9.18 Å². The smallest absolute Gasteiger partial charge is 0.323 e. The Kier molecular flexibility index (Phi) is 5.24. The zero-order valence-electron chi connectivity index (χ0n) is 13.0. The summed E-state index contributed by atoms with van der Waals surface area (Å²) in [5.41, 5.74) is 0.491. The van der Waals surface area contributed by atoms with Crippen LogP contribution in [0.15, 0.2) is 36.4 Å². The standard InChI is InChI=1S/C16H17FN2O4/c1-21-13-8-10(9-14(22-2)15(13)23-3)18-16(20)19-12-7-5-4-6-11(12)17/h4-9H,1-3H3,(H2,18,19,20). The van der Waals surface area contributed by atoms with Crippen LogP contribution >= 0.6 is 0 Å². The Morgan fingerprint density at radius 1 is 0.957 bits per heavy atom. The maximum atomic E-state index is 13.5. The summed E-state index contributed by atoms with van der Waals surface area (Å²) >= 11 is 0. The van der Waals surface area contributed by atoms with Crippen LogP contribution in [0.1, 0.15) is 0 Å². The summed E-state index contributed by atoms with van der Waals surface area (Å²) in [5.74, 6) is 0.684. The van der Waals surface area contributed by atoms with Gasteiger partial charge >= 0.3 is 6.03 Å². The minimum atomic E-state index is -0.593. The number of anilines is 2. The van der Waals surface area contributed by atoms with Crippen LogP contribution in [0.4, 0.5) is 20.6 Å². The van der Waals surface area contributed by atoms with Crippen LogP contribution in [0.25, 0.3) is 0 Å². The van der Waals surface area contributed by atoms with Crippen molar-refractivity contribution in [1.29, 1.82) is 0 Å². The molecule has 2 amide bonds. The van der Waals surface area contributed by atoms with E-state index < -0.39 is 11.8 Å². The number of ether oxygens (including phenoxy) is 3. The van der Waals surface area contributed by atoms with Crippen molar-refractivity contribution in [3.8, 4) is 17.2 Å². The number of para-hydroxylation sites is 1. The molecule has 0 aromatic heterocycles. The summed E-state index contributed by atoms with van der Waals surface area (Å²) in [6.45, 7) is 0. The molecule has 0 atom stereocenters. The van der Waals surface area contributed by atoms with E-state index in [9.17, 15) is 9.18 Å². The van der Waals surface area contributed by atoms with Crippen molar-refractivity contribution in [2.45, 2.75) is 0 Å². The zero-order chi connectivity index (χ0) is 16.8. The van der Waals surface area contributed by atoms with Crippen LogP contribution < -0.4 is 24.8 Å². The van der Waals surface area contributed by atoms with Gasteiger partial charge in [-0.15, -0.1) is 0 Å². The third-order valence-corrected chi connectivity index (χ3v) is 3.04. The number of hydrogen-bond donors (Lipinski definition) is 2. The quantitative estimate of drug-likeness (QED) is 0.885. The van der Waals surface area contributed by atoms with E-state index in [0.717, 1.165) is 0 Å². The number of benzene rings is 2. The summed E-state index contributed by atoms with van der Waals surface area (Å²) in [5, 5.41) is 5.01. The summed E-state index contributed by atoms with van der Waals surface area (Å²) < 4.78 is 29.1. The molecule has 2 N–H and O–H groups in total. The van der Waals surface area contributed by atoms with Crippen LogP contribution in [-0.4, -0.2) is 27.4 Å². The second kappa shape index (κ2) is 7.35. The molecule has 0 unspecified atom stereocenters. The highest BCUT2D eigenvalue weighted by molar-refractivity contribution is 6.00. The van der Waals surface area contributed by atoms with E-state index in [1.54, 1.807) is 18.2 Å². The molecular formula is C16H17FN2O4. The third kappa shape index (κ3) is 3.82. The van der Waals surface area contributed by atoms with E-state index in [4.69, 9.17) is 14.2 Å². The Morgan fingerprint density at radius 3 is 2.09 bits per heavy atom. The topological polar surface area (TPSA) is 68.8 Å². The molecular weight excluding hydrogens is 303 g/mol. The minimum absolute atomic E-state index is 0.0810. The number of carbonyl (C=O) groups excluding carboxylic acids is 1. The molecule has 0 aliphatic carbocycles. The zero-order valence-corrected chi connectivity index (χ0v) is 13.0. The molecule has 122 valence electrons. The monoisotopic (exact) mass is 320 g/mol. The Balaban J connectivity index is 2.19. The fraction of sp³-hybridized carbons (Fsp3) is 0.188. The molecule has 0 saturated carbocycles. The van der Waals surface area contributed by atoms with Crippen molar-refractivity contribution in [2.75, 3.05) is 32.0 Å². The van der Waals surface area contributed by atoms with Crippen molar-refractivity contribution in [3.63, 3.8) is 0 Å². The molecule has 0 heterocycles. The molecule has 7 heteroatoms. The molecule has 0 bridgehead atoms. The van der Waals surface area contributed by atoms with Gasteiger partial charge in [-0.2, -0.15) is 0 Å². The van der Waals surface area contributed by atoms with Crippen LogP contribution in [0.3, 0.4) is 0 Å². The van der Waals surface area contributed by atoms with E-state index in [0.29, 0.717) is 22.9 Å². The molecule has 0 saturated heterocycles. The number of nitrogens with one attached hydrogen (secondary N) is 2. The summed E-state index contributed by atoms with van der Waals surface area (Å²) in [6, 6.07) is 8.43. The van der Waals surface area contributed by atoms with Gasteiger partial charge in [0.2, 0.25) is 5.75 Å². The lowest BCUT2D eigenvalue weighted by Gasteiger charge is -2.15. The van der Waals surface area contributed by atoms with Crippen LogP contribution in [-0.2, 0) is 0 Å². The number of carbonyl (C=O) groups is 1. The van der Waals surface area contributed by atoms with Crippen molar-refractivity contribution < 1.29 is 23.4 Å². The molecule has 23 heavy (non-hydrogen) atoms. The average molecular weight is 320 g/mol. The maximum absolute atomic E-state index is 13.5. The number of amides is 2. The van der Waals surface area contributed by atoms with Gasteiger partial charge in [0.05, 0.1) is 32.7 Å². The van der Waals surface area contributed by atoms with E-state index in [-0.39, 0.29) is 5.69 Å². The highest BCUT2D eigenvalue weighted by Crippen LogP contribution is 2.39. The largest absolute Gasteiger partial charge is 0.493 e. The van der Waals surface area contributed by atoms with Gasteiger partial charge in [-0.3, -0.25) is 0 Å². The summed E-state index contributed by atoms with van der Waals surface area (Å²) in [4.78, 5) is 12.0. The van der Waals surface area contributed by atoms with Crippen molar-refractivity contribution >= 4 is 17.4 Å². The van der Waals surface area contributed by atoms with Gasteiger partial charge < -0.3 is 24.8 Å². The number of hydrogen-bond acceptors (Lipinski definition) is 4. The van der Waals surface area contributed by atoms with E-state index in [1.807, 2.05) is 0 Å². The molecule has 2 aromatic carbocycles. The van der Waals surface area contributed by atoms with Crippen LogP contribution in [0.2, 0.25) is 0 Å². The van der Waals surface area contributed by atoms with Gasteiger partial charge in [-0.1, -0.05) is 12.1 Å². The molecule has 6 nitrogen and oxygen atoms in total. The van der Waals surface area contributed by atoms with Crippen LogP contribution in [0, 0.1) is 5.82 Å². The highest BCUT2D eigenvalue weighted by Gasteiger charge is 2.15. The van der Waals surface area contributed by atoms with E-state index in [2.05, 4.69) is 10.6 Å². The van der Waals surface area contributed by atoms with E-state index in [1.165, 1.54) is 39.5 Å². The first-order valence-corrected chi connectivity index (χ1v) is 6.71. The van der Waals surface area contributed by atoms with Gasteiger partial charge in [-0.05, 0) is 12.1 Å². The first-order chi connectivity index (χ1) is 11.1. The molecule has 0 aliphatic heterocycles. The Morgan fingerprint density at radius 2 is 1.57 bits per heavy atom. The predicted molar refractivity (Wildman–Crippen MR) is 85.1 cm³/mol. The maximum Gasteiger partial charge on any atom is 0.323 e. The second-order valence-corrected chi connectivity index (χ2v) is 4.47. The van der Waals surface area contributed by atoms with Gasteiger partial charge in [0.15, 0.2) is 11.5 Å². The normalized spacial score (nSPS) is 9.91. The fourth-order valence-electron chi connectivity index (χ4n) is 2.00. The van der Waals surface area contributed by atoms with Gasteiger partial charge in [0.25, 0.3) is 0 Å². The van der Waals surface area contributed by atoms with E-state index >= 15 is 0 Å². The van der Waals surface area contributed by atoms with Crippen molar-refractivity contribution in [3.05, 3.63) is 42.2 Å². The number of rotatable bonds is 5.